The van der Waals surface area contributed by atoms with Gasteiger partial charge < -0.3 is 15.6 Å². The van der Waals surface area contributed by atoms with E-state index in [0.29, 0.717) is 6.42 Å². The molecule has 0 aliphatic carbocycles. The number of nitrogens with two attached hydrogens (primary N) is 1. The lowest BCUT2D eigenvalue weighted by Crippen LogP contribution is -2.33. The first-order valence-electron chi connectivity index (χ1n) is 4.95. The first-order valence-corrected chi connectivity index (χ1v) is 5.33. The zero-order valence-electron chi connectivity index (χ0n) is 9.14. The number of phenolic OH excluding ortho intramolecular Hbond substituents is 1. The van der Waals surface area contributed by atoms with Crippen molar-refractivity contribution in [1.82, 2.24) is 0 Å². The zero-order valence-corrected chi connectivity index (χ0v) is 9.90. The van der Waals surface area contributed by atoms with E-state index in [1.807, 2.05) is 0 Å². The summed E-state index contributed by atoms with van der Waals surface area (Å²) < 4.78 is 4.50. The highest BCUT2D eigenvalue weighted by atomic mass is 35.5. The summed E-state index contributed by atoms with van der Waals surface area (Å²) in [4.78, 5) is 22.8. The van der Waals surface area contributed by atoms with Crippen LogP contribution in [-0.2, 0) is 9.53 Å². The van der Waals surface area contributed by atoms with Gasteiger partial charge in [-0.2, -0.15) is 0 Å². The van der Waals surface area contributed by atoms with Crippen molar-refractivity contribution in [3.63, 3.8) is 0 Å². The predicted molar refractivity (Wildman–Crippen MR) is 61.8 cm³/mol. The largest absolute Gasteiger partial charge is 0.507 e. The van der Waals surface area contributed by atoms with Crippen LogP contribution in [0, 0.1) is 0 Å². The molecular formula is C11H12ClNO4. The van der Waals surface area contributed by atoms with Gasteiger partial charge in [-0.1, -0.05) is 18.5 Å². The minimum atomic E-state index is -0.951. The molecule has 0 aromatic heterocycles. The van der Waals surface area contributed by atoms with Gasteiger partial charge in [0.05, 0.1) is 0 Å². The maximum Gasteiger partial charge on any atom is 0.349 e. The maximum absolute atomic E-state index is 11.5. The van der Waals surface area contributed by atoms with E-state index in [-0.39, 0.29) is 16.3 Å². The van der Waals surface area contributed by atoms with Crippen molar-refractivity contribution in [3.8, 4) is 5.75 Å². The highest BCUT2D eigenvalue weighted by Crippen LogP contribution is 2.22. The topological polar surface area (TPSA) is 89.6 Å². The molecule has 1 aromatic rings. The van der Waals surface area contributed by atoms with Crippen molar-refractivity contribution in [3.05, 3.63) is 28.8 Å². The second-order valence-corrected chi connectivity index (χ2v) is 3.82. The van der Waals surface area contributed by atoms with Crippen LogP contribution in [-0.4, -0.2) is 23.1 Å². The number of ether oxygens (including phenoxy) is 1. The van der Waals surface area contributed by atoms with Gasteiger partial charge in [-0.25, -0.2) is 9.59 Å². The van der Waals surface area contributed by atoms with Gasteiger partial charge >= 0.3 is 11.9 Å². The van der Waals surface area contributed by atoms with Crippen LogP contribution in [0.2, 0.25) is 5.02 Å². The molecule has 0 bridgehead atoms. The van der Waals surface area contributed by atoms with Gasteiger partial charge in [-0.15, -0.1) is 0 Å². The number of rotatable bonds is 3. The highest BCUT2D eigenvalue weighted by Gasteiger charge is 2.20. The molecule has 0 aliphatic rings. The Morgan fingerprint density at radius 3 is 2.71 bits per heavy atom. The smallest absolute Gasteiger partial charge is 0.349 e. The first kappa shape index (κ1) is 13.5. The predicted octanol–water partition coefficient (Wildman–Crippen LogP) is 1.47. The Labute approximate surface area is 103 Å². The Kier molecular flexibility index (Phi) is 4.48. The van der Waals surface area contributed by atoms with E-state index in [9.17, 15) is 14.7 Å². The van der Waals surface area contributed by atoms with Crippen molar-refractivity contribution >= 4 is 23.5 Å². The molecule has 0 spiro atoms. The van der Waals surface area contributed by atoms with Crippen LogP contribution in [0.1, 0.15) is 23.7 Å². The van der Waals surface area contributed by atoms with Gasteiger partial charge in [-0.05, 0) is 24.6 Å². The normalized spacial score (nSPS) is 11.9. The second kappa shape index (κ2) is 5.65. The Morgan fingerprint density at radius 1 is 1.53 bits per heavy atom. The lowest BCUT2D eigenvalue weighted by molar-refractivity contribution is -0.139. The molecule has 1 rings (SSSR count). The number of carbonyl (C=O) groups is 2. The lowest BCUT2D eigenvalue weighted by Gasteiger charge is -2.08. The van der Waals surface area contributed by atoms with Crippen molar-refractivity contribution in [1.29, 1.82) is 0 Å². The molecule has 0 saturated heterocycles. The van der Waals surface area contributed by atoms with Crippen LogP contribution in [0.25, 0.3) is 0 Å². The molecule has 0 aliphatic heterocycles. The van der Waals surface area contributed by atoms with E-state index < -0.39 is 18.0 Å². The minimum absolute atomic E-state index is 0.133. The molecule has 17 heavy (non-hydrogen) atoms. The fourth-order valence-electron chi connectivity index (χ4n) is 1.07. The van der Waals surface area contributed by atoms with E-state index in [4.69, 9.17) is 17.3 Å². The van der Waals surface area contributed by atoms with Crippen molar-refractivity contribution in [2.75, 3.05) is 0 Å². The molecule has 0 amide bonds. The molecule has 0 fully saturated rings. The number of phenols is 1. The maximum atomic E-state index is 11.5. The van der Waals surface area contributed by atoms with Gasteiger partial charge in [0.15, 0.2) is 0 Å². The van der Waals surface area contributed by atoms with E-state index in [1.54, 1.807) is 6.92 Å². The van der Waals surface area contributed by atoms with Crippen LogP contribution < -0.4 is 5.73 Å². The average molecular weight is 258 g/mol. The standard InChI is InChI=1S/C11H12ClNO4/c1-2-8(13)11(16)17-10(15)7-4-3-6(12)5-9(7)14/h3-5,8,14H,2,13H2,1H3. The highest BCUT2D eigenvalue weighted by molar-refractivity contribution is 6.30. The molecule has 6 heteroatoms. The third kappa shape index (κ3) is 3.44. The molecule has 0 radical (unpaired) electrons. The van der Waals surface area contributed by atoms with Crippen molar-refractivity contribution in [2.24, 2.45) is 5.73 Å². The van der Waals surface area contributed by atoms with Crippen LogP contribution in [0.5, 0.6) is 5.75 Å². The molecule has 5 nitrogen and oxygen atoms in total. The summed E-state index contributed by atoms with van der Waals surface area (Å²) in [6.45, 7) is 1.69. The summed E-state index contributed by atoms with van der Waals surface area (Å²) in [6.07, 6.45) is 0.360. The van der Waals surface area contributed by atoms with E-state index in [0.717, 1.165) is 0 Å². The van der Waals surface area contributed by atoms with E-state index >= 15 is 0 Å². The van der Waals surface area contributed by atoms with Crippen LogP contribution in [0.4, 0.5) is 0 Å². The Morgan fingerprint density at radius 2 is 2.18 bits per heavy atom. The third-order valence-electron chi connectivity index (χ3n) is 2.12. The second-order valence-electron chi connectivity index (χ2n) is 3.38. The van der Waals surface area contributed by atoms with Gasteiger partial charge in [0.2, 0.25) is 0 Å². The van der Waals surface area contributed by atoms with Crippen molar-refractivity contribution in [2.45, 2.75) is 19.4 Å². The number of carbonyl (C=O) groups excluding carboxylic acids is 2. The summed E-state index contributed by atoms with van der Waals surface area (Å²) in [7, 11) is 0. The Balaban J connectivity index is 2.80. The first-order chi connectivity index (χ1) is 7.95. The molecular weight excluding hydrogens is 246 g/mol. The molecule has 3 N–H and O–H groups in total. The van der Waals surface area contributed by atoms with Gasteiger partial charge in [0.1, 0.15) is 17.4 Å². The molecule has 1 unspecified atom stereocenters. The number of hydrogen-bond acceptors (Lipinski definition) is 5. The SMILES string of the molecule is CCC(N)C(=O)OC(=O)c1ccc(Cl)cc1O. The quantitative estimate of drug-likeness (QED) is 0.632. The van der Waals surface area contributed by atoms with Crippen molar-refractivity contribution < 1.29 is 19.4 Å². The summed E-state index contributed by atoms with van der Waals surface area (Å²) >= 11 is 5.60. The number of hydrogen-bond donors (Lipinski definition) is 2. The summed E-state index contributed by atoms with van der Waals surface area (Å²) in [5.41, 5.74) is 5.26. The monoisotopic (exact) mass is 257 g/mol. The number of aromatic hydroxyl groups is 1. The Hall–Kier alpha value is -1.59. The fourth-order valence-corrected chi connectivity index (χ4v) is 1.23. The molecule has 0 saturated carbocycles. The van der Waals surface area contributed by atoms with Gasteiger partial charge in [-0.3, -0.25) is 0 Å². The van der Waals surface area contributed by atoms with E-state index in [1.165, 1.54) is 18.2 Å². The third-order valence-corrected chi connectivity index (χ3v) is 2.35. The summed E-state index contributed by atoms with van der Waals surface area (Å²) in [5, 5.41) is 9.72. The average Bonchev–Trinajstić information content (AvgIpc) is 2.27. The summed E-state index contributed by atoms with van der Waals surface area (Å²) in [5.74, 6) is -2.12. The number of esters is 2. The lowest BCUT2D eigenvalue weighted by atomic mass is 10.2. The number of halogens is 1. The van der Waals surface area contributed by atoms with Crippen LogP contribution in [0.3, 0.4) is 0 Å². The molecule has 92 valence electrons. The molecule has 1 aromatic carbocycles. The molecule has 1 atom stereocenters. The fraction of sp³-hybridized carbons (Fsp3) is 0.273. The Bertz CT molecular complexity index is 447. The van der Waals surface area contributed by atoms with E-state index in [2.05, 4.69) is 4.74 Å². The number of benzene rings is 1. The minimum Gasteiger partial charge on any atom is -0.507 e. The van der Waals surface area contributed by atoms with Crippen LogP contribution in [0.15, 0.2) is 18.2 Å². The van der Waals surface area contributed by atoms with Gasteiger partial charge in [0.25, 0.3) is 0 Å². The molecule has 0 heterocycles. The summed E-state index contributed by atoms with van der Waals surface area (Å²) in [6, 6.07) is 3.00. The zero-order chi connectivity index (χ0) is 13.0. The van der Waals surface area contributed by atoms with Crippen LogP contribution >= 0.6 is 11.6 Å². The van der Waals surface area contributed by atoms with Gasteiger partial charge in [0, 0.05) is 5.02 Å².